The third-order valence-electron chi connectivity index (χ3n) is 3.64. The Kier molecular flexibility index (Phi) is 5.56. The summed E-state index contributed by atoms with van der Waals surface area (Å²) in [6.07, 6.45) is 0. The van der Waals surface area contributed by atoms with E-state index >= 15 is 0 Å². The van der Waals surface area contributed by atoms with Crippen LogP contribution in [-0.4, -0.2) is 37.0 Å². The highest BCUT2D eigenvalue weighted by molar-refractivity contribution is 7.17. The van der Waals surface area contributed by atoms with Crippen LogP contribution in [0.25, 0.3) is 10.4 Å². The minimum Gasteiger partial charge on any atom is -0.335 e. The fraction of sp³-hybridized carbons (Fsp3) is 0.312. The van der Waals surface area contributed by atoms with Gasteiger partial charge in [0.25, 0.3) is 5.91 Å². The lowest BCUT2D eigenvalue weighted by atomic mass is 10.1. The Bertz CT molecular complexity index is 651. The zero-order valence-electron chi connectivity index (χ0n) is 12.3. The molecule has 0 radical (unpaired) electrons. The molecule has 3 rings (SSSR count). The second-order valence-corrected chi connectivity index (χ2v) is 6.22. The number of nitrogens with one attached hydrogen (secondary N) is 1. The first-order valence-electron chi connectivity index (χ1n) is 7.01. The lowest BCUT2D eigenvalue weighted by molar-refractivity contribution is 0.0740. The van der Waals surface area contributed by atoms with Gasteiger partial charge in [0, 0.05) is 31.1 Å². The number of carbonyl (C=O) groups excluding carboxylic acids is 1. The highest BCUT2D eigenvalue weighted by Gasteiger charge is 2.21. The molecule has 1 amide bonds. The van der Waals surface area contributed by atoms with Crippen molar-refractivity contribution in [2.24, 2.45) is 0 Å². The fourth-order valence-electron chi connectivity index (χ4n) is 2.50. The van der Waals surface area contributed by atoms with Gasteiger partial charge in [-0.1, -0.05) is 12.1 Å². The van der Waals surface area contributed by atoms with Gasteiger partial charge in [0.05, 0.1) is 4.88 Å². The van der Waals surface area contributed by atoms with Crippen LogP contribution in [0.5, 0.6) is 0 Å². The van der Waals surface area contributed by atoms with Crippen LogP contribution in [0, 0.1) is 12.7 Å². The van der Waals surface area contributed by atoms with Gasteiger partial charge in [-0.05, 0) is 36.2 Å². The number of hydrogen-bond acceptors (Lipinski definition) is 3. The van der Waals surface area contributed by atoms with E-state index in [4.69, 9.17) is 0 Å². The molecule has 0 spiro atoms. The zero-order chi connectivity index (χ0) is 14.8. The summed E-state index contributed by atoms with van der Waals surface area (Å²) < 4.78 is 13.0. The maximum absolute atomic E-state index is 13.0. The highest BCUT2D eigenvalue weighted by atomic mass is 35.5. The molecule has 22 heavy (non-hydrogen) atoms. The van der Waals surface area contributed by atoms with Gasteiger partial charge in [-0.15, -0.1) is 23.7 Å². The standard InChI is InChI=1S/C16H17FN2OS.ClH/c1-11-10-14(16(20)19-8-6-18-7-9-19)21-15(11)12-2-4-13(17)5-3-12;/h2-5,10,18H,6-9H2,1H3;1H. The van der Waals surface area contributed by atoms with Crippen LogP contribution in [0.2, 0.25) is 0 Å². The van der Waals surface area contributed by atoms with Crippen molar-refractivity contribution in [1.82, 2.24) is 10.2 Å². The third-order valence-corrected chi connectivity index (χ3v) is 4.91. The van der Waals surface area contributed by atoms with E-state index in [1.54, 1.807) is 12.1 Å². The molecule has 6 heteroatoms. The van der Waals surface area contributed by atoms with E-state index in [0.29, 0.717) is 0 Å². The summed E-state index contributed by atoms with van der Waals surface area (Å²) in [5, 5.41) is 3.24. The quantitative estimate of drug-likeness (QED) is 0.909. The average Bonchev–Trinajstić information content (AvgIpc) is 2.90. The molecule has 0 atom stereocenters. The summed E-state index contributed by atoms with van der Waals surface area (Å²) >= 11 is 1.49. The molecule has 0 unspecified atom stereocenters. The summed E-state index contributed by atoms with van der Waals surface area (Å²) in [4.78, 5) is 16.2. The van der Waals surface area contributed by atoms with Crippen molar-refractivity contribution in [2.45, 2.75) is 6.92 Å². The maximum atomic E-state index is 13.0. The summed E-state index contributed by atoms with van der Waals surface area (Å²) in [5.74, 6) is -0.150. The minimum absolute atomic E-state index is 0. The van der Waals surface area contributed by atoms with Gasteiger partial charge >= 0.3 is 0 Å². The van der Waals surface area contributed by atoms with E-state index < -0.39 is 0 Å². The molecular formula is C16H18ClFN2OS. The molecule has 1 saturated heterocycles. The Morgan fingerprint density at radius 1 is 1.23 bits per heavy atom. The maximum Gasteiger partial charge on any atom is 0.264 e. The number of halogens is 2. The summed E-state index contributed by atoms with van der Waals surface area (Å²) in [6, 6.07) is 8.35. The van der Waals surface area contributed by atoms with Crippen LogP contribution in [0.4, 0.5) is 4.39 Å². The van der Waals surface area contributed by atoms with Gasteiger partial charge in [-0.2, -0.15) is 0 Å². The Hall–Kier alpha value is -1.43. The zero-order valence-corrected chi connectivity index (χ0v) is 13.9. The third kappa shape index (κ3) is 3.48. The monoisotopic (exact) mass is 340 g/mol. The number of benzene rings is 1. The van der Waals surface area contributed by atoms with Crippen LogP contribution in [-0.2, 0) is 0 Å². The molecule has 0 saturated carbocycles. The SMILES string of the molecule is Cc1cc(C(=O)N2CCNCC2)sc1-c1ccc(F)cc1.Cl. The lowest BCUT2D eigenvalue weighted by Gasteiger charge is -2.26. The van der Waals surface area contributed by atoms with Gasteiger partial charge < -0.3 is 10.2 Å². The number of carbonyl (C=O) groups is 1. The molecule has 1 aromatic carbocycles. The molecule has 2 heterocycles. The van der Waals surface area contributed by atoms with Crippen LogP contribution in [0.15, 0.2) is 30.3 Å². The molecule has 0 bridgehead atoms. The molecule has 1 fully saturated rings. The fourth-order valence-corrected chi connectivity index (χ4v) is 3.64. The first kappa shape index (κ1) is 16.9. The first-order chi connectivity index (χ1) is 10.1. The van der Waals surface area contributed by atoms with Crippen molar-refractivity contribution in [2.75, 3.05) is 26.2 Å². The van der Waals surface area contributed by atoms with Crippen LogP contribution >= 0.6 is 23.7 Å². The topological polar surface area (TPSA) is 32.3 Å². The molecule has 2 aromatic rings. The van der Waals surface area contributed by atoms with Crippen molar-refractivity contribution in [3.63, 3.8) is 0 Å². The molecule has 1 aliphatic heterocycles. The van der Waals surface area contributed by atoms with Crippen molar-refractivity contribution < 1.29 is 9.18 Å². The number of hydrogen-bond donors (Lipinski definition) is 1. The van der Waals surface area contributed by atoms with Crippen molar-refractivity contribution in [1.29, 1.82) is 0 Å². The lowest BCUT2D eigenvalue weighted by Crippen LogP contribution is -2.46. The average molecular weight is 341 g/mol. The van der Waals surface area contributed by atoms with Gasteiger partial charge in [-0.25, -0.2) is 4.39 Å². The number of piperazine rings is 1. The van der Waals surface area contributed by atoms with Crippen molar-refractivity contribution in [3.05, 3.63) is 46.6 Å². The van der Waals surface area contributed by atoms with E-state index in [9.17, 15) is 9.18 Å². The van der Waals surface area contributed by atoms with E-state index in [0.717, 1.165) is 47.1 Å². The van der Waals surface area contributed by atoms with Crippen LogP contribution in [0.1, 0.15) is 15.2 Å². The summed E-state index contributed by atoms with van der Waals surface area (Å²) in [6.45, 7) is 5.19. The Labute approximate surface area is 139 Å². The predicted octanol–water partition coefficient (Wildman–Crippen LogP) is 3.33. The molecule has 118 valence electrons. The highest BCUT2D eigenvalue weighted by Crippen LogP contribution is 2.33. The number of thiophene rings is 1. The van der Waals surface area contributed by atoms with E-state index in [-0.39, 0.29) is 24.1 Å². The van der Waals surface area contributed by atoms with Crippen molar-refractivity contribution >= 4 is 29.7 Å². The second kappa shape index (κ2) is 7.22. The molecule has 1 aliphatic rings. The number of amides is 1. The molecule has 3 nitrogen and oxygen atoms in total. The van der Waals surface area contributed by atoms with E-state index in [2.05, 4.69) is 5.32 Å². The smallest absolute Gasteiger partial charge is 0.264 e. The second-order valence-electron chi connectivity index (χ2n) is 5.17. The molecule has 1 N–H and O–H groups in total. The molecular weight excluding hydrogens is 323 g/mol. The Morgan fingerprint density at radius 3 is 2.50 bits per heavy atom. The first-order valence-corrected chi connectivity index (χ1v) is 7.83. The largest absolute Gasteiger partial charge is 0.335 e. The number of rotatable bonds is 2. The number of aryl methyl sites for hydroxylation is 1. The minimum atomic E-state index is -0.245. The summed E-state index contributed by atoms with van der Waals surface area (Å²) in [5.41, 5.74) is 2.02. The molecule has 0 aliphatic carbocycles. The van der Waals surface area contributed by atoms with Crippen LogP contribution in [0.3, 0.4) is 0 Å². The van der Waals surface area contributed by atoms with E-state index in [1.165, 1.54) is 23.5 Å². The summed E-state index contributed by atoms with van der Waals surface area (Å²) in [7, 11) is 0. The Balaban J connectivity index is 0.00000176. The van der Waals surface area contributed by atoms with Gasteiger partial charge in [-0.3, -0.25) is 4.79 Å². The van der Waals surface area contributed by atoms with Gasteiger partial charge in [0.1, 0.15) is 5.82 Å². The Morgan fingerprint density at radius 2 is 1.86 bits per heavy atom. The van der Waals surface area contributed by atoms with Crippen LogP contribution < -0.4 is 5.32 Å². The van der Waals surface area contributed by atoms with E-state index in [1.807, 2.05) is 17.9 Å². The van der Waals surface area contributed by atoms with Crippen molar-refractivity contribution in [3.8, 4) is 10.4 Å². The number of nitrogens with zero attached hydrogens (tertiary/aromatic N) is 1. The van der Waals surface area contributed by atoms with Gasteiger partial charge in [0.15, 0.2) is 0 Å². The van der Waals surface area contributed by atoms with Gasteiger partial charge in [0.2, 0.25) is 0 Å². The normalized spacial score (nSPS) is 14.5. The predicted molar refractivity (Wildman–Crippen MR) is 90.5 cm³/mol. The molecule has 1 aromatic heterocycles.